The van der Waals surface area contributed by atoms with Gasteiger partial charge in [-0.2, -0.15) is 0 Å². The zero-order chi connectivity index (χ0) is 18.1. The molecule has 2 aromatic carbocycles. The molecule has 0 atom stereocenters. The summed E-state index contributed by atoms with van der Waals surface area (Å²) in [4.78, 5) is 14.9. The number of anilines is 2. The lowest BCUT2D eigenvalue weighted by Crippen LogP contribution is -2.43. The summed E-state index contributed by atoms with van der Waals surface area (Å²) in [5, 5.41) is 8.02. The van der Waals surface area contributed by atoms with Gasteiger partial charge in [0.2, 0.25) is 0 Å². The minimum absolute atomic E-state index is 0. The summed E-state index contributed by atoms with van der Waals surface area (Å²) in [5.41, 5.74) is 2.89. The number of amides is 1. The van der Waals surface area contributed by atoms with Crippen LogP contribution in [0.15, 0.2) is 47.1 Å². The van der Waals surface area contributed by atoms with Crippen LogP contribution in [0.25, 0.3) is 11.0 Å². The Morgan fingerprint density at radius 2 is 1.89 bits per heavy atom. The summed E-state index contributed by atoms with van der Waals surface area (Å²) in [5.74, 6) is -0.277. The number of fused-ring (bicyclic) bond motifs is 1. The quantitative estimate of drug-likeness (QED) is 0.630. The van der Waals surface area contributed by atoms with Crippen LogP contribution in [0, 0.1) is 0 Å². The van der Waals surface area contributed by atoms with E-state index >= 15 is 0 Å². The maximum atomic E-state index is 12.6. The van der Waals surface area contributed by atoms with Crippen LogP contribution in [0.3, 0.4) is 0 Å². The van der Waals surface area contributed by atoms with E-state index in [1.807, 2.05) is 18.2 Å². The van der Waals surface area contributed by atoms with Gasteiger partial charge in [0.15, 0.2) is 5.58 Å². The maximum Gasteiger partial charge on any atom is 0.257 e. The molecule has 0 radical (unpaired) electrons. The second-order valence-corrected chi connectivity index (χ2v) is 6.99. The lowest BCUT2D eigenvalue weighted by atomic mass is 10.1. The van der Waals surface area contributed by atoms with Crippen LogP contribution < -0.4 is 15.5 Å². The molecule has 1 aromatic heterocycles. The Morgan fingerprint density at radius 3 is 2.63 bits per heavy atom. The molecule has 1 aliphatic rings. The average Bonchev–Trinajstić information content (AvgIpc) is 3.10. The molecule has 0 saturated carbocycles. The van der Waals surface area contributed by atoms with Gasteiger partial charge < -0.3 is 20.0 Å². The molecule has 0 unspecified atom stereocenters. The van der Waals surface area contributed by atoms with E-state index in [9.17, 15) is 4.79 Å². The second-order valence-electron chi connectivity index (χ2n) is 6.15. The highest BCUT2D eigenvalue weighted by Gasteiger charge is 2.18. The molecule has 5 nitrogen and oxygen atoms in total. The first-order valence-electron chi connectivity index (χ1n) is 8.35. The van der Waals surface area contributed by atoms with Crippen molar-refractivity contribution >= 4 is 63.9 Å². The van der Waals surface area contributed by atoms with Gasteiger partial charge in [-0.05, 0) is 36.4 Å². The fourth-order valence-corrected chi connectivity index (χ4v) is 3.64. The molecule has 2 heterocycles. The van der Waals surface area contributed by atoms with Crippen molar-refractivity contribution < 1.29 is 9.21 Å². The first-order valence-corrected chi connectivity index (χ1v) is 9.11. The SMILES string of the molecule is Cl.O=C(Nc1cc(N2CCNCC2)c2occc2c1)c1ccc(Cl)cc1Cl. The number of carbonyl (C=O) groups is 1. The second kappa shape index (κ2) is 8.40. The highest BCUT2D eigenvalue weighted by Crippen LogP contribution is 2.32. The van der Waals surface area contributed by atoms with Gasteiger partial charge in [0.05, 0.1) is 22.5 Å². The smallest absolute Gasteiger partial charge is 0.257 e. The van der Waals surface area contributed by atoms with E-state index in [0.717, 1.165) is 42.8 Å². The zero-order valence-electron chi connectivity index (χ0n) is 14.3. The number of piperazine rings is 1. The first-order chi connectivity index (χ1) is 12.6. The maximum absolute atomic E-state index is 12.6. The van der Waals surface area contributed by atoms with Crippen molar-refractivity contribution in [3.05, 3.63) is 58.3 Å². The molecular formula is C19H18Cl3N3O2. The molecule has 0 bridgehead atoms. The van der Waals surface area contributed by atoms with Crippen LogP contribution in [-0.2, 0) is 0 Å². The van der Waals surface area contributed by atoms with Gasteiger partial charge in [-0.3, -0.25) is 4.79 Å². The van der Waals surface area contributed by atoms with Crippen molar-refractivity contribution in [1.29, 1.82) is 0 Å². The average molecular weight is 427 g/mol. The van der Waals surface area contributed by atoms with E-state index in [0.29, 0.717) is 21.3 Å². The van der Waals surface area contributed by atoms with E-state index in [1.54, 1.807) is 24.5 Å². The van der Waals surface area contributed by atoms with E-state index in [4.69, 9.17) is 27.6 Å². The topological polar surface area (TPSA) is 57.5 Å². The molecule has 1 fully saturated rings. The van der Waals surface area contributed by atoms with Crippen molar-refractivity contribution in [2.75, 3.05) is 36.4 Å². The molecule has 27 heavy (non-hydrogen) atoms. The normalized spacial score (nSPS) is 14.1. The Bertz CT molecular complexity index is 968. The molecule has 0 aliphatic carbocycles. The lowest BCUT2D eigenvalue weighted by Gasteiger charge is -2.29. The Kier molecular flexibility index (Phi) is 6.17. The van der Waals surface area contributed by atoms with Crippen LogP contribution >= 0.6 is 35.6 Å². The molecular weight excluding hydrogens is 409 g/mol. The molecule has 1 saturated heterocycles. The van der Waals surface area contributed by atoms with Crippen molar-refractivity contribution in [2.24, 2.45) is 0 Å². The molecule has 2 N–H and O–H groups in total. The summed E-state index contributed by atoms with van der Waals surface area (Å²) in [7, 11) is 0. The summed E-state index contributed by atoms with van der Waals surface area (Å²) >= 11 is 12.1. The van der Waals surface area contributed by atoms with Gasteiger partial charge in [-0.15, -0.1) is 12.4 Å². The summed E-state index contributed by atoms with van der Waals surface area (Å²) < 4.78 is 5.67. The Morgan fingerprint density at radius 1 is 1.11 bits per heavy atom. The highest BCUT2D eigenvalue weighted by atomic mass is 35.5. The number of hydrogen-bond donors (Lipinski definition) is 2. The number of hydrogen-bond acceptors (Lipinski definition) is 4. The number of halogens is 3. The zero-order valence-corrected chi connectivity index (χ0v) is 16.6. The van der Waals surface area contributed by atoms with E-state index < -0.39 is 0 Å². The van der Waals surface area contributed by atoms with E-state index in [-0.39, 0.29) is 18.3 Å². The number of rotatable bonds is 3. The first kappa shape index (κ1) is 19.8. The van der Waals surface area contributed by atoms with Gasteiger partial charge in [0.1, 0.15) is 0 Å². The molecule has 8 heteroatoms. The highest BCUT2D eigenvalue weighted by molar-refractivity contribution is 6.37. The van der Waals surface area contributed by atoms with Gasteiger partial charge in [0.25, 0.3) is 5.91 Å². The van der Waals surface area contributed by atoms with Crippen LogP contribution in [-0.4, -0.2) is 32.1 Å². The molecule has 4 rings (SSSR count). The standard InChI is InChI=1S/C19H17Cl2N3O2.ClH/c20-13-1-2-15(16(21)10-13)19(25)23-14-9-12-3-8-26-18(12)17(11-14)24-6-4-22-5-7-24;/h1-3,8-11,22H,4-7H2,(H,23,25);1H. The summed E-state index contributed by atoms with van der Waals surface area (Å²) in [6.07, 6.45) is 1.66. The van der Waals surface area contributed by atoms with Gasteiger partial charge in [-0.25, -0.2) is 0 Å². The van der Waals surface area contributed by atoms with Gasteiger partial charge >= 0.3 is 0 Å². The number of furan rings is 1. The summed E-state index contributed by atoms with van der Waals surface area (Å²) in [6.45, 7) is 3.60. The van der Waals surface area contributed by atoms with Crippen LogP contribution in [0.5, 0.6) is 0 Å². The minimum Gasteiger partial charge on any atom is -0.462 e. The third kappa shape index (κ3) is 4.17. The van der Waals surface area contributed by atoms with Crippen LogP contribution in [0.2, 0.25) is 10.0 Å². The van der Waals surface area contributed by atoms with Crippen molar-refractivity contribution in [3.8, 4) is 0 Å². The Labute approximate surface area is 173 Å². The molecule has 142 valence electrons. The number of nitrogens with zero attached hydrogens (tertiary/aromatic N) is 1. The van der Waals surface area contributed by atoms with Gasteiger partial charge in [-0.1, -0.05) is 23.2 Å². The van der Waals surface area contributed by atoms with Crippen LogP contribution in [0.4, 0.5) is 11.4 Å². The monoisotopic (exact) mass is 425 g/mol. The minimum atomic E-state index is -0.277. The number of carbonyl (C=O) groups excluding carboxylic acids is 1. The van der Waals surface area contributed by atoms with E-state index in [2.05, 4.69) is 15.5 Å². The molecule has 1 amide bonds. The molecule has 0 spiro atoms. The van der Waals surface area contributed by atoms with Crippen LogP contribution in [0.1, 0.15) is 10.4 Å². The third-order valence-electron chi connectivity index (χ3n) is 4.42. The fourth-order valence-electron chi connectivity index (χ4n) is 3.15. The Hall–Kier alpha value is -1.92. The lowest BCUT2D eigenvalue weighted by molar-refractivity contribution is 0.102. The third-order valence-corrected chi connectivity index (χ3v) is 4.97. The predicted octanol–water partition coefficient (Wildman–Crippen LogP) is 4.82. The fraction of sp³-hybridized carbons (Fsp3) is 0.211. The molecule has 1 aliphatic heterocycles. The predicted molar refractivity (Wildman–Crippen MR) is 113 cm³/mol. The largest absolute Gasteiger partial charge is 0.462 e. The Balaban J connectivity index is 0.00000210. The summed E-state index contributed by atoms with van der Waals surface area (Å²) in [6, 6.07) is 10.6. The number of benzene rings is 2. The van der Waals surface area contributed by atoms with E-state index in [1.165, 1.54) is 0 Å². The molecule has 3 aromatic rings. The van der Waals surface area contributed by atoms with Crippen molar-refractivity contribution in [1.82, 2.24) is 5.32 Å². The van der Waals surface area contributed by atoms with Gasteiger partial charge in [0, 0.05) is 42.3 Å². The van der Waals surface area contributed by atoms with Crippen molar-refractivity contribution in [2.45, 2.75) is 0 Å². The number of nitrogens with one attached hydrogen (secondary N) is 2. The van der Waals surface area contributed by atoms with Crippen molar-refractivity contribution in [3.63, 3.8) is 0 Å².